The number of benzene rings is 1. The number of thioether (sulfide) groups is 1. The first kappa shape index (κ1) is 22.7. The van der Waals surface area contributed by atoms with Crippen LogP contribution in [0.3, 0.4) is 0 Å². The van der Waals surface area contributed by atoms with Gasteiger partial charge in [0, 0.05) is 11.4 Å². The fraction of sp³-hybridized carbons (Fsp3) is 0.500. The first-order valence-electron chi connectivity index (χ1n) is 9.42. The van der Waals surface area contributed by atoms with Crippen molar-refractivity contribution in [3.63, 3.8) is 0 Å². The fourth-order valence-corrected chi connectivity index (χ4v) is 3.77. The lowest BCUT2D eigenvalue weighted by Crippen LogP contribution is -2.47. The summed E-state index contributed by atoms with van der Waals surface area (Å²) in [5, 5.41) is 2.54. The zero-order valence-corrected chi connectivity index (χ0v) is 17.6. The second-order valence-corrected chi connectivity index (χ2v) is 7.68. The van der Waals surface area contributed by atoms with E-state index in [1.165, 1.54) is 18.9 Å². The molecule has 29 heavy (non-hydrogen) atoms. The number of hydrogen-bond acceptors (Lipinski definition) is 7. The van der Waals surface area contributed by atoms with E-state index in [0.29, 0.717) is 12.2 Å². The monoisotopic (exact) mass is 422 g/mol. The number of carbonyl (C=O) groups is 4. The highest BCUT2D eigenvalue weighted by Crippen LogP contribution is 2.34. The van der Waals surface area contributed by atoms with E-state index >= 15 is 0 Å². The van der Waals surface area contributed by atoms with Gasteiger partial charge in [0.2, 0.25) is 5.91 Å². The molecule has 0 fully saturated rings. The number of nitrogens with one attached hydrogen (secondary N) is 1. The zero-order chi connectivity index (χ0) is 21.4. The second-order valence-electron chi connectivity index (χ2n) is 6.67. The number of amides is 2. The quantitative estimate of drug-likeness (QED) is 0.605. The van der Waals surface area contributed by atoms with Gasteiger partial charge in [0.1, 0.15) is 6.04 Å². The Hall–Kier alpha value is -2.55. The molecule has 1 aromatic carbocycles. The van der Waals surface area contributed by atoms with E-state index in [4.69, 9.17) is 9.47 Å². The third-order valence-electron chi connectivity index (χ3n) is 4.70. The van der Waals surface area contributed by atoms with Gasteiger partial charge in [-0.25, -0.2) is 4.79 Å². The maximum absolute atomic E-state index is 12.2. The molecule has 0 bridgehead atoms. The van der Waals surface area contributed by atoms with Gasteiger partial charge in [-0.2, -0.15) is 0 Å². The van der Waals surface area contributed by atoms with Crippen LogP contribution in [0, 0.1) is 5.92 Å². The first-order chi connectivity index (χ1) is 13.9. The van der Waals surface area contributed by atoms with Crippen LogP contribution in [0.2, 0.25) is 0 Å². The predicted molar refractivity (Wildman–Crippen MR) is 108 cm³/mol. The van der Waals surface area contributed by atoms with Crippen LogP contribution in [0.5, 0.6) is 0 Å². The third kappa shape index (κ3) is 6.22. The minimum Gasteiger partial charge on any atom is -0.467 e. The molecule has 0 spiro atoms. The minimum absolute atomic E-state index is 0.0379. The molecule has 0 saturated heterocycles. The van der Waals surface area contributed by atoms with Crippen molar-refractivity contribution < 1.29 is 28.7 Å². The van der Waals surface area contributed by atoms with Crippen molar-refractivity contribution in [2.45, 2.75) is 37.6 Å². The lowest BCUT2D eigenvalue weighted by molar-refractivity contribution is -0.150. The van der Waals surface area contributed by atoms with Crippen LogP contribution < -0.4 is 10.2 Å². The standard InChI is InChI=1S/C20H26N2O6S/c1-4-13(2)19(20(26)27-3)21-16(23)11-28-18(25)9-10-22-14-7-5-6-8-15(14)29-12-17(22)24/h5-8,13,19H,4,9-12H2,1-3H3,(H,21,23)/t13-,19+/m0/s1. The summed E-state index contributed by atoms with van der Waals surface area (Å²) >= 11 is 1.46. The highest BCUT2D eigenvalue weighted by molar-refractivity contribution is 8.00. The van der Waals surface area contributed by atoms with E-state index < -0.39 is 30.5 Å². The zero-order valence-electron chi connectivity index (χ0n) is 16.8. The second kappa shape index (κ2) is 10.8. The van der Waals surface area contributed by atoms with Crippen LogP contribution in [0.1, 0.15) is 26.7 Å². The topological polar surface area (TPSA) is 102 Å². The van der Waals surface area contributed by atoms with Crippen molar-refractivity contribution in [1.29, 1.82) is 0 Å². The van der Waals surface area contributed by atoms with Crippen molar-refractivity contribution >= 4 is 41.2 Å². The number of nitrogens with zero attached hydrogens (tertiary/aromatic N) is 1. The molecule has 1 aliphatic heterocycles. The lowest BCUT2D eigenvalue weighted by Gasteiger charge is -2.28. The molecule has 158 valence electrons. The van der Waals surface area contributed by atoms with Crippen LogP contribution in [-0.2, 0) is 28.7 Å². The van der Waals surface area contributed by atoms with Gasteiger partial charge < -0.3 is 19.7 Å². The van der Waals surface area contributed by atoms with E-state index in [1.807, 2.05) is 38.1 Å². The van der Waals surface area contributed by atoms with Gasteiger partial charge in [-0.3, -0.25) is 14.4 Å². The van der Waals surface area contributed by atoms with Gasteiger partial charge in [0.25, 0.3) is 5.91 Å². The molecule has 1 heterocycles. The number of fused-ring (bicyclic) bond motifs is 1. The summed E-state index contributed by atoms with van der Waals surface area (Å²) < 4.78 is 9.71. The normalized spacial score (nSPS) is 15.1. The minimum atomic E-state index is -0.795. The molecule has 0 aliphatic carbocycles. The largest absolute Gasteiger partial charge is 0.467 e. The molecule has 1 aliphatic rings. The van der Waals surface area contributed by atoms with Gasteiger partial charge in [-0.1, -0.05) is 32.4 Å². The average Bonchev–Trinajstić information content (AvgIpc) is 2.74. The molecular formula is C20H26N2O6S. The Balaban J connectivity index is 1.83. The Bertz CT molecular complexity index is 769. The van der Waals surface area contributed by atoms with Crippen LogP contribution >= 0.6 is 11.8 Å². The average molecular weight is 423 g/mol. The van der Waals surface area contributed by atoms with Crippen molar-refractivity contribution in [2.75, 3.05) is 30.9 Å². The molecule has 1 N–H and O–H groups in total. The molecule has 9 heteroatoms. The van der Waals surface area contributed by atoms with E-state index in [-0.39, 0.29) is 24.8 Å². The molecular weight excluding hydrogens is 396 g/mol. The number of rotatable bonds is 9. The van der Waals surface area contributed by atoms with E-state index in [1.54, 1.807) is 4.90 Å². The molecule has 0 unspecified atom stereocenters. The van der Waals surface area contributed by atoms with Crippen LogP contribution in [0.25, 0.3) is 0 Å². The maximum atomic E-state index is 12.2. The van der Waals surface area contributed by atoms with Crippen molar-refractivity contribution in [2.24, 2.45) is 5.92 Å². The van der Waals surface area contributed by atoms with E-state index in [9.17, 15) is 19.2 Å². The van der Waals surface area contributed by atoms with Gasteiger partial charge in [-0.15, -0.1) is 11.8 Å². The fourth-order valence-electron chi connectivity index (χ4n) is 2.83. The summed E-state index contributed by atoms with van der Waals surface area (Å²) in [5.74, 6) is -1.59. The van der Waals surface area contributed by atoms with E-state index in [0.717, 1.165) is 10.6 Å². The first-order valence-corrected chi connectivity index (χ1v) is 10.4. The van der Waals surface area contributed by atoms with Gasteiger partial charge in [0.15, 0.2) is 6.61 Å². The number of ether oxygens (including phenoxy) is 2. The Morgan fingerprint density at radius 1 is 1.28 bits per heavy atom. The molecule has 8 nitrogen and oxygen atoms in total. The van der Waals surface area contributed by atoms with Crippen LogP contribution in [0.4, 0.5) is 5.69 Å². The lowest BCUT2D eigenvalue weighted by atomic mass is 9.99. The number of anilines is 1. The number of esters is 2. The van der Waals surface area contributed by atoms with E-state index in [2.05, 4.69) is 5.32 Å². The third-order valence-corrected chi connectivity index (χ3v) is 5.74. The Morgan fingerprint density at radius 3 is 2.69 bits per heavy atom. The number of carbonyl (C=O) groups excluding carboxylic acids is 4. The smallest absolute Gasteiger partial charge is 0.328 e. The van der Waals surface area contributed by atoms with Crippen molar-refractivity contribution in [1.82, 2.24) is 5.32 Å². The summed E-state index contributed by atoms with van der Waals surface area (Å²) in [7, 11) is 1.25. The number of methoxy groups -OCH3 is 1. The number of hydrogen-bond donors (Lipinski definition) is 1. The van der Waals surface area contributed by atoms with Gasteiger partial charge in [0.05, 0.1) is 25.0 Å². The molecule has 2 amide bonds. The summed E-state index contributed by atoms with van der Waals surface area (Å²) in [4.78, 5) is 50.6. The Labute approximate surface area is 174 Å². The number of para-hydroxylation sites is 1. The molecule has 0 saturated carbocycles. The molecule has 0 radical (unpaired) electrons. The highest BCUT2D eigenvalue weighted by atomic mass is 32.2. The summed E-state index contributed by atoms with van der Waals surface area (Å²) in [6.45, 7) is 3.39. The predicted octanol–water partition coefficient (Wildman–Crippen LogP) is 1.76. The molecule has 2 rings (SSSR count). The summed E-state index contributed by atoms with van der Waals surface area (Å²) in [5.41, 5.74) is 0.772. The Kier molecular flexibility index (Phi) is 8.50. The molecule has 2 atom stereocenters. The highest BCUT2D eigenvalue weighted by Gasteiger charge is 2.27. The summed E-state index contributed by atoms with van der Waals surface area (Å²) in [6.07, 6.45) is 0.632. The maximum Gasteiger partial charge on any atom is 0.328 e. The van der Waals surface area contributed by atoms with Gasteiger partial charge >= 0.3 is 11.9 Å². The molecule has 0 aromatic heterocycles. The van der Waals surface area contributed by atoms with Crippen molar-refractivity contribution in [3.05, 3.63) is 24.3 Å². The Morgan fingerprint density at radius 2 is 2.00 bits per heavy atom. The van der Waals surface area contributed by atoms with Gasteiger partial charge in [-0.05, 0) is 18.1 Å². The molecule has 1 aromatic rings. The SMILES string of the molecule is CC[C@H](C)[C@@H](NC(=O)COC(=O)CCN1C(=O)CSc2ccccc21)C(=O)OC. The van der Waals surface area contributed by atoms with Crippen LogP contribution in [-0.4, -0.2) is 55.8 Å². The van der Waals surface area contributed by atoms with Crippen molar-refractivity contribution in [3.8, 4) is 0 Å². The summed E-state index contributed by atoms with van der Waals surface area (Å²) in [6, 6.07) is 6.70. The van der Waals surface area contributed by atoms with Crippen LogP contribution in [0.15, 0.2) is 29.2 Å².